The van der Waals surface area contributed by atoms with Gasteiger partial charge in [0, 0.05) is 6.07 Å². The number of halogens is 3. The van der Waals surface area contributed by atoms with Crippen LogP contribution in [0.3, 0.4) is 0 Å². The molecule has 8 heteroatoms. The van der Waals surface area contributed by atoms with Crippen LogP contribution in [0.25, 0.3) is 32.9 Å². The fraction of sp³-hybridized carbons (Fsp3) is 0.0400. The molecule has 33 heavy (non-hydrogen) atoms. The molecule has 0 aliphatic heterocycles. The van der Waals surface area contributed by atoms with Crippen LogP contribution < -0.4 is 10.2 Å². The summed E-state index contributed by atoms with van der Waals surface area (Å²) >= 11 is 1.17. The molecule has 0 saturated heterocycles. The van der Waals surface area contributed by atoms with Crippen molar-refractivity contribution in [2.24, 2.45) is 0 Å². The molecule has 0 aliphatic carbocycles. The lowest BCUT2D eigenvalue weighted by Crippen LogP contribution is -2.16. The molecule has 0 amide bonds. The predicted molar refractivity (Wildman–Crippen MR) is 120 cm³/mol. The molecular weight excluding hydrogens is 453 g/mol. The minimum atomic E-state index is -4.93. The maximum atomic E-state index is 14.0. The Labute approximate surface area is 188 Å². The molecule has 4 nitrogen and oxygen atoms in total. The predicted octanol–water partition coefficient (Wildman–Crippen LogP) is 6.91. The van der Waals surface area contributed by atoms with Gasteiger partial charge in [-0.25, -0.2) is 4.79 Å². The molecular formula is C25H13F3O4S. The van der Waals surface area contributed by atoms with Gasteiger partial charge in [-0.05, 0) is 39.9 Å². The van der Waals surface area contributed by atoms with E-state index in [4.69, 9.17) is 9.15 Å². The Morgan fingerprint density at radius 2 is 1.70 bits per heavy atom. The second kappa shape index (κ2) is 7.90. The highest BCUT2D eigenvalue weighted by atomic mass is 32.1. The summed E-state index contributed by atoms with van der Waals surface area (Å²) in [5.41, 5.74) is -1.58. The number of benzene rings is 3. The number of hydrogen-bond acceptors (Lipinski definition) is 5. The maximum absolute atomic E-state index is 14.0. The summed E-state index contributed by atoms with van der Waals surface area (Å²) in [4.78, 5) is 25.8. The topological polar surface area (TPSA) is 56.5 Å². The summed E-state index contributed by atoms with van der Waals surface area (Å²) in [6.45, 7) is 0. The first kappa shape index (κ1) is 21.0. The van der Waals surface area contributed by atoms with Crippen molar-refractivity contribution in [3.05, 3.63) is 99.0 Å². The Balaban J connectivity index is 1.71. The van der Waals surface area contributed by atoms with Gasteiger partial charge in [0.2, 0.25) is 11.2 Å². The minimum Gasteiger partial charge on any atom is -0.450 e. The summed E-state index contributed by atoms with van der Waals surface area (Å²) in [6, 6.07) is 18.7. The smallest absolute Gasteiger partial charge is 0.450 e. The van der Waals surface area contributed by atoms with Crippen LogP contribution >= 0.6 is 11.3 Å². The first-order valence-electron chi connectivity index (χ1n) is 9.75. The van der Waals surface area contributed by atoms with Gasteiger partial charge in [0.05, 0.1) is 10.9 Å². The maximum Gasteiger partial charge on any atom is 0.450 e. The number of rotatable bonds is 3. The normalized spacial score (nSPS) is 11.7. The van der Waals surface area contributed by atoms with E-state index in [2.05, 4.69) is 0 Å². The zero-order chi connectivity index (χ0) is 23.2. The number of fused-ring (bicyclic) bond motifs is 2. The van der Waals surface area contributed by atoms with Gasteiger partial charge in [-0.15, -0.1) is 11.3 Å². The average molecular weight is 466 g/mol. The molecule has 0 spiro atoms. The van der Waals surface area contributed by atoms with Crippen molar-refractivity contribution in [1.82, 2.24) is 0 Å². The molecule has 0 saturated carbocycles. The molecule has 0 unspecified atom stereocenters. The molecule has 0 atom stereocenters. The van der Waals surface area contributed by atoms with Gasteiger partial charge >= 0.3 is 12.1 Å². The number of ether oxygens (including phenoxy) is 1. The van der Waals surface area contributed by atoms with E-state index in [0.717, 1.165) is 6.07 Å². The van der Waals surface area contributed by atoms with Gasteiger partial charge in [0.1, 0.15) is 16.2 Å². The number of alkyl halides is 3. The average Bonchev–Trinajstić information content (AvgIpc) is 3.33. The third-order valence-electron chi connectivity index (χ3n) is 5.11. The SMILES string of the molecule is O=C(Oc1ccc2c(=O)c(-c3cccc4ccccc34)c(C(F)(F)F)oc2c1)c1cccs1. The van der Waals surface area contributed by atoms with Gasteiger partial charge in [0.15, 0.2) is 0 Å². The van der Waals surface area contributed by atoms with Gasteiger partial charge in [0.25, 0.3) is 0 Å². The van der Waals surface area contributed by atoms with Gasteiger partial charge in [-0.3, -0.25) is 4.79 Å². The summed E-state index contributed by atoms with van der Waals surface area (Å²) in [6.07, 6.45) is -4.93. The zero-order valence-electron chi connectivity index (χ0n) is 16.7. The summed E-state index contributed by atoms with van der Waals surface area (Å²) in [5.74, 6) is -2.09. The van der Waals surface area contributed by atoms with Crippen LogP contribution in [-0.2, 0) is 6.18 Å². The van der Waals surface area contributed by atoms with Crippen LogP contribution in [-0.4, -0.2) is 5.97 Å². The van der Waals surface area contributed by atoms with E-state index in [9.17, 15) is 22.8 Å². The van der Waals surface area contributed by atoms with Crippen molar-refractivity contribution < 1.29 is 27.1 Å². The second-order valence-electron chi connectivity index (χ2n) is 7.18. The standard InChI is InChI=1S/C25H13F3O4S/c26-25(27,28)23-21(17-8-3-6-14-5-1-2-7-16(14)17)22(29)18-11-10-15(13-19(18)32-23)31-24(30)20-9-4-12-33-20/h1-13H. The quantitative estimate of drug-likeness (QED) is 0.214. The highest BCUT2D eigenvalue weighted by molar-refractivity contribution is 7.12. The molecule has 5 aromatic rings. The number of thiophene rings is 1. The van der Waals surface area contributed by atoms with E-state index >= 15 is 0 Å². The first-order chi connectivity index (χ1) is 15.8. The second-order valence-corrected chi connectivity index (χ2v) is 8.13. The van der Waals surface area contributed by atoms with E-state index < -0.39 is 28.9 Å². The van der Waals surface area contributed by atoms with Crippen LogP contribution in [0.15, 0.2) is 87.4 Å². The third kappa shape index (κ3) is 3.78. The Morgan fingerprint density at radius 1 is 0.909 bits per heavy atom. The number of carbonyl (C=O) groups is 1. The van der Waals surface area contributed by atoms with Crippen LogP contribution in [0.1, 0.15) is 15.4 Å². The van der Waals surface area contributed by atoms with E-state index in [-0.39, 0.29) is 22.3 Å². The first-order valence-corrected chi connectivity index (χ1v) is 10.6. The van der Waals surface area contributed by atoms with Gasteiger partial charge in [-0.2, -0.15) is 13.2 Å². The van der Waals surface area contributed by atoms with E-state index in [0.29, 0.717) is 15.6 Å². The number of carbonyl (C=O) groups excluding carboxylic acids is 1. The van der Waals surface area contributed by atoms with E-state index in [1.165, 1.54) is 29.5 Å². The zero-order valence-corrected chi connectivity index (χ0v) is 17.5. The Bertz CT molecular complexity index is 1560. The van der Waals surface area contributed by atoms with Crippen molar-refractivity contribution in [1.29, 1.82) is 0 Å². The number of hydrogen-bond donors (Lipinski definition) is 0. The lowest BCUT2D eigenvalue weighted by Gasteiger charge is -2.14. The van der Waals surface area contributed by atoms with Crippen molar-refractivity contribution in [3.8, 4) is 16.9 Å². The fourth-order valence-corrected chi connectivity index (χ4v) is 4.28. The highest BCUT2D eigenvalue weighted by Gasteiger charge is 2.39. The molecule has 2 aromatic heterocycles. The molecule has 0 N–H and O–H groups in total. The molecule has 3 aromatic carbocycles. The van der Waals surface area contributed by atoms with E-state index in [1.54, 1.807) is 53.9 Å². The van der Waals surface area contributed by atoms with Crippen LogP contribution in [0.4, 0.5) is 13.2 Å². The van der Waals surface area contributed by atoms with Crippen molar-refractivity contribution in [2.45, 2.75) is 6.18 Å². The van der Waals surface area contributed by atoms with Crippen LogP contribution in [0.2, 0.25) is 0 Å². The Kier molecular flexibility index (Phi) is 5.02. The fourth-order valence-electron chi connectivity index (χ4n) is 3.68. The molecule has 0 bridgehead atoms. The molecule has 2 heterocycles. The molecule has 5 rings (SSSR count). The third-order valence-corrected chi connectivity index (χ3v) is 5.96. The van der Waals surface area contributed by atoms with Crippen LogP contribution in [0, 0.1) is 0 Å². The van der Waals surface area contributed by atoms with Gasteiger partial charge in [-0.1, -0.05) is 48.5 Å². The van der Waals surface area contributed by atoms with Crippen molar-refractivity contribution in [2.75, 3.05) is 0 Å². The molecule has 0 radical (unpaired) electrons. The minimum absolute atomic E-state index is 0.0323. The summed E-state index contributed by atoms with van der Waals surface area (Å²) in [7, 11) is 0. The van der Waals surface area contributed by atoms with Crippen LogP contribution in [0.5, 0.6) is 5.75 Å². The van der Waals surface area contributed by atoms with Crippen molar-refractivity contribution >= 4 is 39.0 Å². The van der Waals surface area contributed by atoms with Crippen molar-refractivity contribution in [3.63, 3.8) is 0 Å². The summed E-state index contributed by atoms with van der Waals surface area (Å²) < 4.78 is 52.5. The summed E-state index contributed by atoms with van der Waals surface area (Å²) in [5, 5.41) is 2.83. The monoisotopic (exact) mass is 466 g/mol. The van der Waals surface area contributed by atoms with Gasteiger partial charge < -0.3 is 9.15 Å². The highest BCUT2D eigenvalue weighted by Crippen LogP contribution is 2.39. The van der Waals surface area contributed by atoms with E-state index in [1.807, 2.05) is 0 Å². The molecule has 0 fully saturated rings. The lowest BCUT2D eigenvalue weighted by atomic mass is 9.96. The number of esters is 1. The largest absolute Gasteiger partial charge is 0.450 e. The molecule has 0 aliphatic rings. The Morgan fingerprint density at radius 3 is 2.45 bits per heavy atom. The Hall–Kier alpha value is -3.91. The molecule has 164 valence electrons. The lowest BCUT2D eigenvalue weighted by molar-refractivity contribution is -0.152.